The molecule has 1 saturated heterocycles. The monoisotopic (exact) mass is 408 g/mol. The largest absolute Gasteiger partial charge is 0.341 e. The van der Waals surface area contributed by atoms with Crippen LogP contribution in [0, 0.1) is 6.92 Å². The standard InChI is InChI=1S/C18H24N4O3S2/c1-13-12-26-18(19-13)16-9-15(27(24,25)20-14-5-6-14)10-22(16)11-17(23)21-7-3-2-4-8-21/h9-10,12,14,20H,2-8,11H2,1H3. The highest BCUT2D eigenvalue weighted by Crippen LogP contribution is 2.29. The molecule has 7 nitrogen and oxygen atoms in total. The molecular formula is C18H24N4O3S2. The van der Waals surface area contributed by atoms with Crippen LogP contribution in [0.25, 0.3) is 10.7 Å². The molecule has 0 unspecified atom stereocenters. The minimum atomic E-state index is -3.58. The summed E-state index contributed by atoms with van der Waals surface area (Å²) in [5.41, 5.74) is 1.56. The first kappa shape index (κ1) is 18.6. The van der Waals surface area contributed by atoms with E-state index in [0.717, 1.165) is 55.9 Å². The average Bonchev–Trinajstić information content (AvgIpc) is 3.16. The van der Waals surface area contributed by atoms with Crippen LogP contribution in [0.15, 0.2) is 22.5 Å². The van der Waals surface area contributed by atoms with E-state index in [1.54, 1.807) is 16.8 Å². The van der Waals surface area contributed by atoms with E-state index in [2.05, 4.69) is 9.71 Å². The van der Waals surface area contributed by atoms with Gasteiger partial charge in [0.1, 0.15) is 16.4 Å². The predicted molar refractivity (Wildman–Crippen MR) is 104 cm³/mol. The fourth-order valence-corrected chi connectivity index (χ4v) is 5.46. The summed E-state index contributed by atoms with van der Waals surface area (Å²) < 4.78 is 29.7. The molecule has 0 atom stereocenters. The third-order valence-corrected chi connectivity index (χ3v) is 7.40. The minimum absolute atomic E-state index is 0.0268. The SMILES string of the molecule is Cc1csc(-c2cc(S(=O)(=O)NC3CC3)cn2CC(=O)N2CCCCC2)n1. The predicted octanol–water partition coefficient (Wildman–Crippen LogP) is 2.37. The van der Waals surface area contributed by atoms with Gasteiger partial charge in [-0.15, -0.1) is 11.3 Å². The maximum atomic E-state index is 12.7. The van der Waals surface area contributed by atoms with Crippen molar-refractivity contribution in [2.24, 2.45) is 0 Å². The normalized spacial score (nSPS) is 18.0. The van der Waals surface area contributed by atoms with Gasteiger partial charge in [-0.1, -0.05) is 0 Å². The molecule has 2 aromatic heterocycles. The Morgan fingerprint density at radius 3 is 2.67 bits per heavy atom. The highest BCUT2D eigenvalue weighted by Gasteiger charge is 2.30. The molecular weight excluding hydrogens is 384 g/mol. The zero-order chi connectivity index (χ0) is 19.0. The molecule has 2 fully saturated rings. The minimum Gasteiger partial charge on any atom is -0.341 e. The zero-order valence-electron chi connectivity index (χ0n) is 15.3. The second-order valence-corrected chi connectivity index (χ2v) is 9.89. The number of nitrogens with zero attached hydrogens (tertiary/aromatic N) is 3. The van der Waals surface area contributed by atoms with E-state index >= 15 is 0 Å². The maximum absolute atomic E-state index is 12.7. The number of sulfonamides is 1. The summed E-state index contributed by atoms with van der Waals surface area (Å²) in [6.45, 7) is 3.59. The molecule has 1 saturated carbocycles. The zero-order valence-corrected chi connectivity index (χ0v) is 17.0. The first-order valence-electron chi connectivity index (χ1n) is 9.35. The molecule has 146 valence electrons. The molecule has 2 aliphatic rings. The van der Waals surface area contributed by atoms with Gasteiger partial charge in [0.15, 0.2) is 0 Å². The number of piperidine rings is 1. The van der Waals surface area contributed by atoms with Gasteiger partial charge >= 0.3 is 0 Å². The number of nitrogens with one attached hydrogen (secondary N) is 1. The van der Waals surface area contributed by atoms with Gasteiger partial charge in [-0.05, 0) is 45.1 Å². The van der Waals surface area contributed by atoms with Crippen molar-refractivity contribution in [3.05, 3.63) is 23.3 Å². The lowest BCUT2D eigenvalue weighted by Crippen LogP contribution is -2.37. The van der Waals surface area contributed by atoms with E-state index in [0.29, 0.717) is 5.69 Å². The van der Waals surface area contributed by atoms with Gasteiger partial charge in [-0.25, -0.2) is 18.1 Å². The number of aromatic nitrogens is 2. The summed E-state index contributed by atoms with van der Waals surface area (Å²) in [4.78, 5) is 19.3. The van der Waals surface area contributed by atoms with Crippen LogP contribution in [0.2, 0.25) is 0 Å². The van der Waals surface area contributed by atoms with Gasteiger partial charge in [0.2, 0.25) is 15.9 Å². The van der Waals surface area contributed by atoms with Crippen molar-refractivity contribution < 1.29 is 13.2 Å². The number of carbonyl (C=O) groups is 1. The lowest BCUT2D eigenvalue weighted by Gasteiger charge is -2.27. The van der Waals surface area contributed by atoms with Crippen molar-refractivity contribution in [3.63, 3.8) is 0 Å². The van der Waals surface area contributed by atoms with Gasteiger partial charge < -0.3 is 9.47 Å². The van der Waals surface area contributed by atoms with E-state index in [1.807, 2.05) is 17.2 Å². The Balaban J connectivity index is 1.64. The van der Waals surface area contributed by atoms with Crippen LogP contribution >= 0.6 is 11.3 Å². The third kappa shape index (κ3) is 4.25. The number of aryl methyl sites for hydroxylation is 1. The molecule has 0 aromatic carbocycles. The molecule has 4 rings (SSSR count). The molecule has 9 heteroatoms. The Hall–Kier alpha value is -1.71. The Morgan fingerprint density at radius 1 is 1.30 bits per heavy atom. The lowest BCUT2D eigenvalue weighted by molar-refractivity contribution is -0.132. The summed E-state index contributed by atoms with van der Waals surface area (Å²) >= 11 is 1.46. The number of amides is 1. The van der Waals surface area contributed by atoms with Gasteiger partial charge in [-0.3, -0.25) is 4.79 Å². The van der Waals surface area contributed by atoms with Crippen molar-refractivity contribution in [2.45, 2.75) is 56.5 Å². The summed E-state index contributed by atoms with van der Waals surface area (Å²) in [7, 11) is -3.58. The number of thiazole rings is 1. The van der Waals surface area contributed by atoms with Crippen LogP contribution in [-0.2, 0) is 21.4 Å². The van der Waals surface area contributed by atoms with E-state index in [9.17, 15) is 13.2 Å². The van der Waals surface area contributed by atoms with Crippen LogP contribution in [0.5, 0.6) is 0 Å². The van der Waals surface area contributed by atoms with Crippen molar-refractivity contribution in [1.29, 1.82) is 0 Å². The van der Waals surface area contributed by atoms with E-state index < -0.39 is 10.0 Å². The molecule has 0 bridgehead atoms. The molecule has 1 aliphatic heterocycles. The quantitative estimate of drug-likeness (QED) is 0.795. The molecule has 27 heavy (non-hydrogen) atoms. The average molecular weight is 409 g/mol. The highest BCUT2D eigenvalue weighted by atomic mass is 32.2. The second kappa shape index (κ2) is 7.37. The van der Waals surface area contributed by atoms with E-state index in [4.69, 9.17) is 0 Å². The smallest absolute Gasteiger partial charge is 0.242 e. The summed E-state index contributed by atoms with van der Waals surface area (Å²) in [6, 6.07) is 1.67. The number of carbonyl (C=O) groups excluding carboxylic acids is 1. The molecule has 3 heterocycles. The van der Waals surface area contributed by atoms with E-state index in [1.165, 1.54) is 11.3 Å². The Morgan fingerprint density at radius 2 is 2.04 bits per heavy atom. The topological polar surface area (TPSA) is 84.3 Å². The Labute approximate surface area is 163 Å². The Kier molecular flexibility index (Phi) is 5.09. The van der Waals surface area contributed by atoms with Gasteiger partial charge in [0.25, 0.3) is 0 Å². The summed E-state index contributed by atoms with van der Waals surface area (Å²) in [5, 5.41) is 2.65. The number of likely N-dealkylation sites (tertiary alicyclic amines) is 1. The fourth-order valence-electron chi connectivity index (χ4n) is 3.29. The van der Waals surface area contributed by atoms with Gasteiger partial charge in [0, 0.05) is 36.4 Å². The number of hydrogen-bond donors (Lipinski definition) is 1. The first-order valence-corrected chi connectivity index (χ1v) is 11.7. The van der Waals surface area contributed by atoms with Gasteiger partial charge in [-0.2, -0.15) is 0 Å². The maximum Gasteiger partial charge on any atom is 0.242 e. The lowest BCUT2D eigenvalue weighted by atomic mass is 10.1. The van der Waals surface area contributed by atoms with Crippen molar-refractivity contribution in [1.82, 2.24) is 19.2 Å². The first-order chi connectivity index (χ1) is 12.9. The summed E-state index contributed by atoms with van der Waals surface area (Å²) in [6.07, 6.45) is 6.55. The molecule has 1 aliphatic carbocycles. The molecule has 1 amide bonds. The van der Waals surface area contributed by atoms with Crippen molar-refractivity contribution in [3.8, 4) is 10.7 Å². The highest BCUT2D eigenvalue weighted by molar-refractivity contribution is 7.89. The van der Waals surface area contributed by atoms with Crippen LogP contribution in [0.3, 0.4) is 0 Å². The van der Waals surface area contributed by atoms with Crippen LogP contribution in [-0.4, -0.2) is 47.9 Å². The van der Waals surface area contributed by atoms with Crippen LogP contribution in [0.4, 0.5) is 0 Å². The third-order valence-electron chi connectivity index (χ3n) is 4.93. The van der Waals surface area contributed by atoms with E-state index in [-0.39, 0.29) is 23.4 Å². The number of rotatable bonds is 6. The van der Waals surface area contributed by atoms with Gasteiger partial charge in [0.05, 0.1) is 5.69 Å². The van der Waals surface area contributed by atoms with Crippen LogP contribution in [0.1, 0.15) is 37.8 Å². The molecule has 0 radical (unpaired) electrons. The molecule has 2 aromatic rings. The molecule has 0 spiro atoms. The molecule has 1 N–H and O–H groups in total. The Bertz CT molecular complexity index is 938. The van der Waals surface area contributed by atoms with Crippen LogP contribution < -0.4 is 4.72 Å². The van der Waals surface area contributed by atoms with Crippen molar-refractivity contribution in [2.75, 3.05) is 13.1 Å². The van der Waals surface area contributed by atoms with Crippen molar-refractivity contribution >= 4 is 27.3 Å². The second-order valence-electron chi connectivity index (χ2n) is 7.32. The number of hydrogen-bond acceptors (Lipinski definition) is 5. The summed E-state index contributed by atoms with van der Waals surface area (Å²) in [5.74, 6) is 0.0268. The fraction of sp³-hybridized carbons (Fsp3) is 0.556.